The summed E-state index contributed by atoms with van der Waals surface area (Å²) in [7, 11) is -1.70. The van der Waals surface area contributed by atoms with Crippen LogP contribution in [0, 0.1) is 13.8 Å². The Kier molecular flexibility index (Phi) is 5.55. The van der Waals surface area contributed by atoms with Crippen LogP contribution in [0.2, 0.25) is 5.02 Å². The number of hydrogen-bond acceptors (Lipinski definition) is 4. The lowest BCUT2D eigenvalue weighted by molar-refractivity contribution is -0.117. The van der Waals surface area contributed by atoms with Gasteiger partial charge in [0.25, 0.3) is 0 Å². The van der Waals surface area contributed by atoms with E-state index in [-0.39, 0.29) is 17.1 Å². The number of rotatable bonds is 4. The Bertz CT molecular complexity index is 1190. The van der Waals surface area contributed by atoms with Crippen LogP contribution >= 0.6 is 22.9 Å². The molecule has 1 heterocycles. The molecular formula is C19H19ClN2O3S2. The third-order valence-corrected chi connectivity index (χ3v) is 7.61. The fourth-order valence-electron chi connectivity index (χ4n) is 2.76. The quantitative estimate of drug-likeness (QED) is 0.642. The van der Waals surface area contributed by atoms with Crippen molar-refractivity contribution in [3.63, 3.8) is 0 Å². The Hall–Kier alpha value is -1.96. The van der Waals surface area contributed by atoms with Crippen LogP contribution in [0.3, 0.4) is 0 Å². The number of thiazole rings is 1. The number of aromatic nitrogens is 1. The summed E-state index contributed by atoms with van der Waals surface area (Å²) < 4.78 is 27.4. The van der Waals surface area contributed by atoms with Crippen molar-refractivity contribution < 1.29 is 13.2 Å². The zero-order chi connectivity index (χ0) is 19.8. The molecule has 0 unspecified atom stereocenters. The molecule has 0 saturated heterocycles. The standard InChI is InChI=1S/C19H19ClN2O3S2/c1-12-4-7-14(8-5-12)27(24,25)11-10-16(23)21-19-22(3)17-13(2)6-9-15(20)18(17)26-19/h4-9H,10-11H2,1-3H3. The van der Waals surface area contributed by atoms with Gasteiger partial charge in [-0.15, -0.1) is 0 Å². The average molecular weight is 423 g/mol. The lowest BCUT2D eigenvalue weighted by atomic mass is 10.2. The molecule has 0 fully saturated rings. The van der Waals surface area contributed by atoms with Gasteiger partial charge in [0, 0.05) is 13.5 Å². The predicted octanol–water partition coefficient (Wildman–Crippen LogP) is 3.80. The molecule has 0 N–H and O–H groups in total. The highest BCUT2D eigenvalue weighted by Gasteiger charge is 2.17. The summed E-state index contributed by atoms with van der Waals surface area (Å²) in [5.74, 6) is -0.742. The summed E-state index contributed by atoms with van der Waals surface area (Å²) in [5, 5.41) is 0.604. The van der Waals surface area contributed by atoms with Gasteiger partial charge in [-0.25, -0.2) is 8.42 Å². The predicted molar refractivity (Wildman–Crippen MR) is 109 cm³/mol. The van der Waals surface area contributed by atoms with Crippen LogP contribution in [0.15, 0.2) is 46.3 Å². The molecule has 0 radical (unpaired) electrons. The first-order valence-corrected chi connectivity index (χ1v) is 11.2. The van der Waals surface area contributed by atoms with Crippen LogP contribution in [-0.2, 0) is 21.7 Å². The van der Waals surface area contributed by atoms with E-state index in [0.717, 1.165) is 21.3 Å². The second-order valence-corrected chi connectivity index (χ2v) is 9.87. The first kappa shape index (κ1) is 19.8. The number of carbonyl (C=O) groups excluding carboxylic acids is 1. The van der Waals surface area contributed by atoms with E-state index < -0.39 is 15.7 Å². The van der Waals surface area contributed by atoms with Gasteiger partial charge in [0.15, 0.2) is 14.6 Å². The minimum Gasteiger partial charge on any atom is -0.319 e. The van der Waals surface area contributed by atoms with E-state index in [1.54, 1.807) is 24.3 Å². The number of aryl methyl sites for hydroxylation is 3. The Morgan fingerprint density at radius 2 is 1.81 bits per heavy atom. The summed E-state index contributed by atoms with van der Waals surface area (Å²) in [5.41, 5.74) is 2.93. The van der Waals surface area contributed by atoms with Gasteiger partial charge in [0.05, 0.1) is 25.9 Å². The molecule has 0 aliphatic carbocycles. The topological polar surface area (TPSA) is 68.5 Å². The minimum atomic E-state index is -3.52. The van der Waals surface area contributed by atoms with Crippen molar-refractivity contribution in [2.75, 3.05) is 5.75 Å². The highest BCUT2D eigenvalue weighted by Crippen LogP contribution is 2.28. The second kappa shape index (κ2) is 7.58. The van der Waals surface area contributed by atoms with Crippen molar-refractivity contribution >= 4 is 48.9 Å². The molecule has 1 aromatic heterocycles. The maximum atomic E-state index is 12.4. The van der Waals surface area contributed by atoms with Gasteiger partial charge in [-0.1, -0.05) is 46.7 Å². The normalized spacial score (nSPS) is 12.7. The molecular weight excluding hydrogens is 404 g/mol. The molecule has 0 saturated carbocycles. The highest BCUT2D eigenvalue weighted by atomic mass is 35.5. The molecule has 142 valence electrons. The number of fused-ring (bicyclic) bond motifs is 1. The van der Waals surface area contributed by atoms with Gasteiger partial charge in [-0.05, 0) is 37.6 Å². The van der Waals surface area contributed by atoms with E-state index in [9.17, 15) is 13.2 Å². The Balaban J connectivity index is 1.84. The third-order valence-electron chi connectivity index (χ3n) is 4.29. The van der Waals surface area contributed by atoms with Gasteiger partial charge in [0.2, 0.25) is 5.91 Å². The summed E-state index contributed by atoms with van der Waals surface area (Å²) >= 11 is 7.56. The molecule has 0 spiro atoms. The van der Waals surface area contributed by atoms with Gasteiger partial charge < -0.3 is 4.57 Å². The summed E-state index contributed by atoms with van der Waals surface area (Å²) in [6.07, 6.45) is -0.169. The smallest absolute Gasteiger partial charge is 0.249 e. The molecule has 8 heteroatoms. The number of halogens is 1. The number of sulfone groups is 1. The van der Waals surface area contributed by atoms with Gasteiger partial charge in [0.1, 0.15) is 0 Å². The van der Waals surface area contributed by atoms with Crippen molar-refractivity contribution in [2.24, 2.45) is 12.0 Å². The van der Waals surface area contributed by atoms with Crippen molar-refractivity contribution in [1.29, 1.82) is 0 Å². The summed E-state index contributed by atoms with van der Waals surface area (Å²) in [6, 6.07) is 10.3. The van der Waals surface area contributed by atoms with E-state index >= 15 is 0 Å². The first-order chi connectivity index (χ1) is 12.7. The summed E-state index contributed by atoms with van der Waals surface area (Å²) in [4.78, 5) is 17.1. The zero-order valence-electron chi connectivity index (χ0n) is 15.2. The minimum absolute atomic E-state index is 0.169. The number of benzene rings is 2. The highest BCUT2D eigenvalue weighted by molar-refractivity contribution is 7.91. The Labute approximate surface area is 166 Å². The number of nitrogens with zero attached hydrogens (tertiary/aromatic N) is 2. The van der Waals surface area contributed by atoms with Crippen LogP contribution in [0.25, 0.3) is 10.2 Å². The van der Waals surface area contributed by atoms with Gasteiger partial charge >= 0.3 is 0 Å². The van der Waals surface area contributed by atoms with Gasteiger partial charge in [-0.2, -0.15) is 4.99 Å². The van der Waals surface area contributed by atoms with Gasteiger partial charge in [-0.3, -0.25) is 4.79 Å². The van der Waals surface area contributed by atoms with Crippen molar-refractivity contribution in [3.8, 4) is 0 Å². The first-order valence-electron chi connectivity index (χ1n) is 8.30. The molecule has 0 aliphatic rings. The third kappa shape index (κ3) is 4.15. The van der Waals surface area contributed by atoms with E-state index in [1.165, 1.54) is 11.3 Å². The second-order valence-electron chi connectivity index (χ2n) is 6.37. The van der Waals surface area contributed by atoms with Crippen molar-refractivity contribution in [3.05, 3.63) is 57.3 Å². The van der Waals surface area contributed by atoms with Crippen molar-refractivity contribution in [2.45, 2.75) is 25.2 Å². The largest absolute Gasteiger partial charge is 0.319 e. The SMILES string of the molecule is Cc1ccc(S(=O)(=O)CCC(=O)N=c2sc3c(Cl)ccc(C)c3n2C)cc1. The lowest BCUT2D eigenvalue weighted by Crippen LogP contribution is -2.16. The lowest BCUT2D eigenvalue weighted by Gasteiger charge is -2.03. The van der Waals surface area contributed by atoms with Crippen molar-refractivity contribution in [1.82, 2.24) is 4.57 Å². The zero-order valence-corrected chi connectivity index (χ0v) is 17.6. The van der Waals surface area contributed by atoms with Crippen LogP contribution in [-0.4, -0.2) is 24.6 Å². The van der Waals surface area contributed by atoms with Crippen LogP contribution in [0.4, 0.5) is 0 Å². The van der Waals surface area contributed by atoms with E-state index in [4.69, 9.17) is 11.6 Å². The molecule has 0 bridgehead atoms. The average Bonchev–Trinajstić information content (AvgIpc) is 2.95. The van der Waals surface area contributed by atoms with Crippen LogP contribution in [0.1, 0.15) is 17.5 Å². The van der Waals surface area contributed by atoms with Crippen LogP contribution in [0.5, 0.6) is 0 Å². The van der Waals surface area contributed by atoms with E-state index in [0.29, 0.717) is 9.82 Å². The maximum absolute atomic E-state index is 12.4. The molecule has 3 aromatic rings. The molecule has 27 heavy (non-hydrogen) atoms. The molecule has 0 aliphatic heterocycles. The Morgan fingerprint density at radius 3 is 2.44 bits per heavy atom. The number of hydrogen-bond donors (Lipinski definition) is 0. The fourth-order valence-corrected chi connectivity index (χ4v) is 5.38. The number of amides is 1. The molecule has 5 nitrogen and oxygen atoms in total. The fraction of sp³-hybridized carbons (Fsp3) is 0.263. The van der Waals surface area contributed by atoms with E-state index in [2.05, 4.69) is 4.99 Å². The number of carbonyl (C=O) groups is 1. The molecule has 0 atom stereocenters. The summed E-state index contributed by atoms with van der Waals surface area (Å²) in [6.45, 7) is 3.85. The van der Waals surface area contributed by atoms with Crippen LogP contribution < -0.4 is 4.80 Å². The maximum Gasteiger partial charge on any atom is 0.249 e. The molecule has 1 amide bonds. The van der Waals surface area contributed by atoms with E-state index in [1.807, 2.05) is 37.6 Å². The monoisotopic (exact) mass is 422 g/mol. The molecule has 2 aromatic carbocycles. The Morgan fingerprint density at radius 1 is 1.15 bits per heavy atom. The molecule has 3 rings (SSSR count).